The summed E-state index contributed by atoms with van der Waals surface area (Å²) in [6.45, 7) is 4.40. The highest BCUT2D eigenvalue weighted by atomic mass is 15.1. The number of aromatic nitrogens is 2. The lowest BCUT2D eigenvalue weighted by Gasteiger charge is -2.17. The average molecular weight is 222 g/mol. The molecule has 0 aliphatic rings. The van der Waals surface area contributed by atoms with Crippen molar-refractivity contribution >= 4 is 11.8 Å². The van der Waals surface area contributed by atoms with E-state index < -0.39 is 0 Å². The Morgan fingerprint density at radius 1 is 1.31 bits per heavy atom. The molecule has 4 heteroatoms. The van der Waals surface area contributed by atoms with Crippen molar-refractivity contribution in [3.63, 3.8) is 0 Å². The molecular weight excluding hydrogens is 200 g/mol. The Balaban J connectivity index is 2.52. The summed E-state index contributed by atoms with van der Waals surface area (Å²) >= 11 is 0. The first-order valence-corrected chi connectivity index (χ1v) is 6.11. The predicted molar refractivity (Wildman–Crippen MR) is 68.3 cm³/mol. The molecule has 1 heterocycles. The first kappa shape index (κ1) is 12.7. The smallest absolute Gasteiger partial charge is 0.224 e. The van der Waals surface area contributed by atoms with E-state index in [9.17, 15) is 0 Å². The second-order valence-electron chi connectivity index (χ2n) is 4.08. The minimum absolute atomic E-state index is 0.465. The van der Waals surface area contributed by atoms with Crippen LogP contribution in [0.1, 0.15) is 46.0 Å². The molecule has 4 nitrogen and oxygen atoms in total. The maximum Gasteiger partial charge on any atom is 0.224 e. The highest BCUT2D eigenvalue weighted by Gasteiger charge is 2.08. The van der Waals surface area contributed by atoms with Gasteiger partial charge in [0, 0.05) is 12.2 Å². The van der Waals surface area contributed by atoms with Crippen molar-refractivity contribution in [1.29, 1.82) is 0 Å². The van der Waals surface area contributed by atoms with Crippen LogP contribution in [-0.4, -0.2) is 16.0 Å². The van der Waals surface area contributed by atoms with E-state index in [0.29, 0.717) is 17.8 Å². The van der Waals surface area contributed by atoms with Crippen LogP contribution in [-0.2, 0) is 0 Å². The van der Waals surface area contributed by atoms with Crippen molar-refractivity contribution in [1.82, 2.24) is 9.97 Å². The molecule has 0 aliphatic carbocycles. The van der Waals surface area contributed by atoms with Crippen LogP contribution in [0.2, 0.25) is 0 Å². The van der Waals surface area contributed by atoms with Gasteiger partial charge in [-0.3, -0.25) is 0 Å². The number of hydrogen-bond donors (Lipinski definition) is 2. The average Bonchev–Trinajstić information content (AvgIpc) is 2.26. The number of nitrogen functional groups attached to an aromatic ring is 1. The van der Waals surface area contributed by atoms with Crippen LogP contribution >= 0.6 is 0 Å². The van der Waals surface area contributed by atoms with Crippen molar-refractivity contribution < 1.29 is 0 Å². The fourth-order valence-corrected chi connectivity index (χ4v) is 1.71. The minimum atomic E-state index is 0.465. The Hall–Kier alpha value is -1.32. The molecule has 16 heavy (non-hydrogen) atoms. The molecular formula is C12H22N4. The Bertz CT molecular complexity index is 301. The molecule has 0 bridgehead atoms. The molecule has 0 fully saturated rings. The van der Waals surface area contributed by atoms with Gasteiger partial charge in [0.25, 0.3) is 0 Å². The third-order valence-electron chi connectivity index (χ3n) is 2.55. The number of nitrogens with one attached hydrogen (secondary N) is 1. The van der Waals surface area contributed by atoms with E-state index in [0.717, 1.165) is 6.42 Å². The first-order chi connectivity index (χ1) is 7.76. The number of hydrogen-bond acceptors (Lipinski definition) is 4. The maximum absolute atomic E-state index is 5.62. The van der Waals surface area contributed by atoms with E-state index in [4.69, 9.17) is 5.73 Å². The van der Waals surface area contributed by atoms with Gasteiger partial charge in [0.05, 0.1) is 0 Å². The van der Waals surface area contributed by atoms with E-state index in [-0.39, 0.29) is 0 Å². The van der Waals surface area contributed by atoms with Gasteiger partial charge in [0.2, 0.25) is 5.95 Å². The molecule has 0 amide bonds. The van der Waals surface area contributed by atoms with Crippen molar-refractivity contribution in [3.8, 4) is 0 Å². The van der Waals surface area contributed by atoms with Crippen LogP contribution in [0.25, 0.3) is 0 Å². The van der Waals surface area contributed by atoms with Gasteiger partial charge >= 0.3 is 0 Å². The third kappa shape index (κ3) is 4.47. The van der Waals surface area contributed by atoms with Gasteiger partial charge in [-0.05, 0) is 18.9 Å². The Labute approximate surface area is 97.7 Å². The zero-order chi connectivity index (χ0) is 11.8. The largest absolute Gasteiger partial charge is 0.384 e. The minimum Gasteiger partial charge on any atom is -0.384 e. The molecule has 1 aromatic rings. The molecule has 90 valence electrons. The van der Waals surface area contributed by atoms with Crippen LogP contribution < -0.4 is 11.1 Å². The number of anilines is 2. The second-order valence-corrected chi connectivity index (χ2v) is 4.08. The van der Waals surface area contributed by atoms with Gasteiger partial charge in [-0.2, -0.15) is 4.98 Å². The third-order valence-corrected chi connectivity index (χ3v) is 2.55. The summed E-state index contributed by atoms with van der Waals surface area (Å²) in [6.07, 6.45) is 7.64. The molecule has 0 spiro atoms. The standard InChI is InChI=1S/C12H22N4/c1-3-5-7-10(6-4-2)15-12-14-9-8-11(13)16-12/h8-10H,3-7H2,1-2H3,(H3,13,14,15,16). The van der Waals surface area contributed by atoms with Crippen LogP contribution in [0, 0.1) is 0 Å². The lowest BCUT2D eigenvalue weighted by Crippen LogP contribution is -2.20. The summed E-state index contributed by atoms with van der Waals surface area (Å²) in [5.74, 6) is 1.16. The predicted octanol–water partition coefficient (Wildman–Crippen LogP) is 2.83. The number of nitrogens with zero attached hydrogens (tertiary/aromatic N) is 2. The maximum atomic E-state index is 5.62. The van der Waals surface area contributed by atoms with E-state index in [1.165, 1.54) is 25.7 Å². The fraction of sp³-hybridized carbons (Fsp3) is 0.667. The normalized spacial score (nSPS) is 12.4. The zero-order valence-electron chi connectivity index (χ0n) is 10.2. The van der Waals surface area contributed by atoms with Gasteiger partial charge in [0.15, 0.2) is 0 Å². The molecule has 1 rings (SSSR count). The highest BCUT2D eigenvalue weighted by Crippen LogP contribution is 2.12. The van der Waals surface area contributed by atoms with Crippen molar-refractivity contribution in [2.45, 2.75) is 52.0 Å². The van der Waals surface area contributed by atoms with Crippen LogP contribution in [0.4, 0.5) is 11.8 Å². The summed E-state index contributed by atoms with van der Waals surface area (Å²) in [5, 5.41) is 3.35. The highest BCUT2D eigenvalue weighted by molar-refractivity contribution is 5.35. The van der Waals surface area contributed by atoms with Crippen LogP contribution in [0.5, 0.6) is 0 Å². The molecule has 0 saturated carbocycles. The summed E-state index contributed by atoms with van der Waals surface area (Å²) in [7, 11) is 0. The fourth-order valence-electron chi connectivity index (χ4n) is 1.71. The lowest BCUT2D eigenvalue weighted by molar-refractivity contribution is 0.561. The van der Waals surface area contributed by atoms with Crippen LogP contribution in [0.3, 0.4) is 0 Å². The summed E-state index contributed by atoms with van der Waals surface area (Å²) in [5.41, 5.74) is 5.62. The molecule has 1 unspecified atom stereocenters. The molecule has 0 aromatic carbocycles. The van der Waals surface area contributed by atoms with Gasteiger partial charge in [-0.1, -0.05) is 33.1 Å². The summed E-state index contributed by atoms with van der Waals surface area (Å²) < 4.78 is 0. The van der Waals surface area contributed by atoms with Gasteiger partial charge in [-0.15, -0.1) is 0 Å². The molecule has 3 N–H and O–H groups in total. The Morgan fingerprint density at radius 3 is 2.75 bits per heavy atom. The van der Waals surface area contributed by atoms with Gasteiger partial charge in [0.1, 0.15) is 5.82 Å². The van der Waals surface area contributed by atoms with E-state index in [2.05, 4.69) is 29.1 Å². The molecule has 1 atom stereocenters. The number of rotatable bonds is 7. The first-order valence-electron chi connectivity index (χ1n) is 6.11. The van der Waals surface area contributed by atoms with Crippen LogP contribution in [0.15, 0.2) is 12.3 Å². The van der Waals surface area contributed by atoms with E-state index >= 15 is 0 Å². The van der Waals surface area contributed by atoms with Gasteiger partial charge < -0.3 is 11.1 Å². The molecule has 0 aliphatic heterocycles. The Morgan fingerprint density at radius 2 is 2.12 bits per heavy atom. The zero-order valence-corrected chi connectivity index (χ0v) is 10.2. The Kier molecular flexibility index (Phi) is 5.61. The summed E-state index contributed by atoms with van der Waals surface area (Å²) in [4.78, 5) is 8.33. The molecule has 0 saturated heterocycles. The number of unbranched alkanes of at least 4 members (excludes halogenated alkanes) is 1. The van der Waals surface area contributed by atoms with Crippen molar-refractivity contribution in [2.24, 2.45) is 0 Å². The number of nitrogens with two attached hydrogens (primary N) is 1. The van der Waals surface area contributed by atoms with E-state index in [1.807, 2.05) is 0 Å². The second kappa shape index (κ2) is 7.04. The lowest BCUT2D eigenvalue weighted by atomic mass is 10.1. The topological polar surface area (TPSA) is 63.8 Å². The van der Waals surface area contributed by atoms with Gasteiger partial charge in [-0.25, -0.2) is 4.98 Å². The SMILES string of the molecule is CCCCC(CCC)Nc1nccc(N)n1. The summed E-state index contributed by atoms with van der Waals surface area (Å²) in [6, 6.07) is 2.17. The monoisotopic (exact) mass is 222 g/mol. The van der Waals surface area contributed by atoms with Crippen molar-refractivity contribution in [3.05, 3.63) is 12.3 Å². The van der Waals surface area contributed by atoms with Crippen molar-refractivity contribution in [2.75, 3.05) is 11.1 Å². The quantitative estimate of drug-likeness (QED) is 0.744. The molecule has 1 aromatic heterocycles. The van der Waals surface area contributed by atoms with E-state index in [1.54, 1.807) is 12.3 Å². The molecule has 0 radical (unpaired) electrons.